The van der Waals surface area contributed by atoms with E-state index in [4.69, 9.17) is 4.74 Å². The first kappa shape index (κ1) is 14.7. The quantitative estimate of drug-likeness (QED) is 0.585. The van der Waals surface area contributed by atoms with Crippen molar-refractivity contribution in [2.24, 2.45) is 0 Å². The van der Waals surface area contributed by atoms with Gasteiger partial charge in [0, 0.05) is 5.75 Å². The summed E-state index contributed by atoms with van der Waals surface area (Å²) in [5.41, 5.74) is 4.85. The Bertz CT molecular complexity index is 826. The molecular formula is C17H16N2O2S. The lowest BCUT2D eigenvalue weighted by atomic mass is 10.1. The molecule has 0 atom stereocenters. The summed E-state index contributed by atoms with van der Waals surface area (Å²) in [5, 5.41) is 0.879. The van der Waals surface area contributed by atoms with Crippen LogP contribution in [-0.2, 0) is 10.5 Å². The molecule has 0 unspecified atom stereocenters. The van der Waals surface area contributed by atoms with E-state index in [1.807, 2.05) is 24.3 Å². The largest absolute Gasteiger partial charge is 0.465 e. The van der Waals surface area contributed by atoms with E-state index >= 15 is 0 Å². The smallest absolute Gasteiger partial charge is 0.337 e. The molecule has 0 saturated carbocycles. The van der Waals surface area contributed by atoms with E-state index in [1.54, 1.807) is 17.8 Å². The number of hydrogen-bond acceptors (Lipinski definition) is 4. The number of thioether (sulfide) groups is 1. The number of aromatic nitrogens is 2. The van der Waals surface area contributed by atoms with Gasteiger partial charge in [-0.25, -0.2) is 9.78 Å². The van der Waals surface area contributed by atoms with Crippen molar-refractivity contribution in [3.05, 3.63) is 59.2 Å². The predicted molar refractivity (Wildman–Crippen MR) is 88.2 cm³/mol. The number of nitrogens with one attached hydrogen (secondary N) is 1. The van der Waals surface area contributed by atoms with Crippen molar-refractivity contribution in [2.45, 2.75) is 17.8 Å². The van der Waals surface area contributed by atoms with Crippen molar-refractivity contribution in [3.63, 3.8) is 0 Å². The molecule has 0 radical (unpaired) electrons. The summed E-state index contributed by atoms with van der Waals surface area (Å²) in [7, 11) is 1.39. The molecule has 1 heterocycles. The lowest BCUT2D eigenvalue weighted by molar-refractivity contribution is 0.0600. The number of hydrogen-bond donors (Lipinski definition) is 1. The van der Waals surface area contributed by atoms with Gasteiger partial charge >= 0.3 is 5.97 Å². The number of nitrogens with zero attached hydrogens (tertiary/aromatic N) is 1. The standard InChI is InChI=1S/C17H16N2O2S/c1-11-6-7-14-15(8-11)19-17(18-14)22-10-12-4-3-5-13(9-12)16(20)21-2/h3-9H,10H2,1-2H3,(H,18,19). The van der Waals surface area contributed by atoms with Gasteiger partial charge in [-0.15, -0.1) is 0 Å². The zero-order valence-electron chi connectivity index (χ0n) is 12.4. The Morgan fingerprint density at radius 3 is 2.95 bits per heavy atom. The number of fused-ring (bicyclic) bond motifs is 1. The number of benzene rings is 2. The Morgan fingerprint density at radius 2 is 2.14 bits per heavy atom. The highest BCUT2D eigenvalue weighted by Crippen LogP contribution is 2.24. The molecule has 0 bridgehead atoms. The van der Waals surface area contributed by atoms with Crippen LogP contribution >= 0.6 is 11.8 Å². The lowest BCUT2D eigenvalue weighted by Crippen LogP contribution is -2.01. The minimum Gasteiger partial charge on any atom is -0.465 e. The van der Waals surface area contributed by atoms with Gasteiger partial charge in [0.2, 0.25) is 0 Å². The molecule has 1 aromatic heterocycles. The Balaban J connectivity index is 1.75. The van der Waals surface area contributed by atoms with E-state index in [0.29, 0.717) is 5.56 Å². The molecule has 0 aliphatic carbocycles. The van der Waals surface area contributed by atoms with Gasteiger partial charge in [0.15, 0.2) is 5.16 Å². The number of carbonyl (C=O) groups is 1. The summed E-state index contributed by atoms with van der Waals surface area (Å²) in [4.78, 5) is 19.4. The maximum Gasteiger partial charge on any atom is 0.337 e. The van der Waals surface area contributed by atoms with E-state index in [2.05, 4.69) is 29.0 Å². The van der Waals surface area contributed by atoms with Gasteiger partial charge < -0.3 is 9.72 Å². The molecule has 0 spiro atoms. The number of carbonyl (C=O) groups excluding carboxylic acids is 1. The summed E-state index contributed by atoms with van der Waals surface area (Å²) >= 11 is 1.61. The van der Waals surface area contributed by atoms with Crippen LogP contribution in [0.15, 0.2) is 47.6 Å². The van der Waals surface area contributed by atoms with E-state index in [0.717, 1.165) is 27.5 Å². The molecule has 0 aliphatic rings. The highest BCUT2D eigenvalue weighted by molar-refractivity contribution is 7.98. The molecule has 22 heavy (non-hydrogen) atoms. The topological polar surface area (TPSA) is 55.0 Å². The van der Waals surface area contributed by atoms with Crippen LogP contribution in [0.25, 0.3) is 11.0 Å². The van der Waals surface area contributed by atoms with Crippen LogP contribution < -0.4 is 0 Å². The van der Waals surface area contributed by atoms with Crippen LogP contribution in [0.3, 0.4) is 0 Å². The third kappa shape index (κ3) is 3.14. The molecule has 0 amide bonds. The summed E-state index contributed by atoms with van der Waals surface area (Å²) < 4.78 is 4.74. The van der Waals surface area contributed by atoms with Gasteiger partial charge in [-0.05, 0) is 42.3 Å². The fourth-order valence-corrected chi connectivity index (χ4v) is 3.05. The van der Waals surface area contributed by atoms with Gasteiger partial charge in [-0.2, -0.15) is 0 Å². The number of aromatic amines is 1. The monoisotopic (exact) mass is 312 g/mol. The van der Waals surface area contributed by atoms with Gasteiger partial charge in [0.1, 0.15) is 0 Å². The Hall–Kier alpha value is -2.27. The van der Waals surface area contributed by atoms with Crippen LogP contribution in [0.4, 0.5) is 0 Å². The maximum absolute atomic E-state index is 11.5. The van der Waals surface area contributed by atoms with Crippen LogP contribution in [0.5, 0.6) is 0 Å². The fourth-order valence-electron chi connectivity index (χ4n) is 2.23. The number of ether oxygens (including phenoxy) is 1. The van der Waals surface area contributed by atoms with Crippen molar-refractivity contribution in [1.82, 2.24) is 9.97 Å². The maximum atomic E-state index is 11.5. The third-order valence-corrected chi connectivity index (χ3v) is 4.28. The summed E-state index contributed by atoms with van der Waals surface area (Å²) in [6.45, 7) is 2.06. The third-order valence-electron chi connectivity index (χ3n) is 3.34. The summed E-state index contributed by atoms with van der Waals surface area (Å²) in [6, 6.07) is 13.6. The van der Waals surface area contributed by atoms with Crippen LogP contribution in [-0.4, -0.2) is 23.0 Å². The average molecular weight is 312 g/mol. The molecule has 5 heteroatoms. The second-order valence-electron chi connectivity index (χ2n) is 5.04. The second kappa shape index (κ2) is 6.23. The normalized spacial score (nSPS) is 10.8. The van der Waals surface area contributed by atoms with Gasteiger partial charge in [-0.1, -0.05) is 30.0 Å². The zero-order valence-corrected chi connectivity index (χ0v) is 13.2. The molecular weight excluding hydrogens is 296 g/mol. The Labute approximate surface area is 132 Å². The molecule has 4 nitrogen and oxygen atoms in total. The summed E-state index contributed by atoms with van der Waals surface area (Å²) in [5.74, 6) is 0.426. The minimum absolute atomic E-state index is 0.314. The average Bonchev–Trinajstić information content (AvgIpc) is 2.94. The second-order valence-corrected chi connectivity index (χ2v) is 6.01. The van der Waals surface area contributed by atoms with Gasteiger partial charge in [0.25, 0.3) is 0 Å². The van der Waals surface area contributed by atoms with Crippen LogP contribution in [0, 0.1) is 6.92 Å². The lowest BCUT2D eigenvalue weighted by Gasteiger charge is -2.02. The summed E-state index contributed by atoms with van der Waals surface area (Å²) in [6.07, 6.45) is 0. The molecule has 0 saturated heterocycles. The number of methoxy groups -OCH3 is 1. The van der Waals surface area contributed by atoms with Crippen molar-refractivity contribution >= 4 is 28.8 Å². The molecule has 112 valence electrons. The van der Waals surface area contributed by atoms with Crippen LogP contribution in [0.2, 0.25) is 0 Å². The fraction of sp³-hybridized carbons (Fsp3) is 0.176. The number of imidazole rings is 1. The SMILES string of the molecule is COC(=O)c1cccc(CSc2nc3ccc(C)cc3[nH]2)c1. The van der Waals surface area contributed by atoms with E-state index in [-0.39, 0.29) is 5.97 Å². The Morgan fingerprint density at radius 1 is 1.27 bits per heavy atom. The highest BCUT2D eigenvalue weighted by atomic mass is 32.2. The number of rotatable bonds is 4. The molecule has 0 fully saturated rings. The number of H-pyrrole nitrogens is 1. The van der Waals surface area contributed by atoms with E-state index in [9.17, 15) is 4.79 Å². The van der Waals surface area contributed by atoms with Crippen molar-refractivity contribution in [1.29, 1.82) is 0 Å². The molecule has 0 aliphatic heterocycles. The first-order valence-corrected chi connectivity index (χ1v) is 7.91. The number of aryl methyl sites for hydroxylation is 1. The van der Waals surface area contributed by atoms with Crippen molar-refractivity contribution < 1.29 is 9.53 Å². The molecule has 3 rings (SSSR count). The first-order chi connectivity index (χ1) is 10.7. The number of esters is 1. The van der Waals surface area contributed by atoms with Crippen LogP contribution in [0.1, 0.15) is 21.5 Å². The van der Waals surface area contributed by atoms with Gasteiger partial charge in [0.05, 0.1) is 23.7 Å². The Kier molecular flexibility index (Phi) is 4.15. The van der Waals surface area contributed by atoms with E-state index in [1.165, 1.54) is 12.7 Å². The molecule has 2 aromatic carbocycles. The molecule has 3 aromatic rings. The molecule has 1 N–H and O–H groups in total. The van der Waals surface area contributed by atoms with Crippen molar-refractivity contribution in [2.75, 3.05) is 7.11 Å². The first-order valence-electron chi connectivity index (χ1n) is 6.92. The highest BCUT2D eigenvalue weighted by Gasteiger charge is 2.07. The zero-order chi connectivity index (χ0) is 15.5. The van der Waals surface area contributed by atoms with Gasteiger partial charge in [-0.3, -0.25) is 0 Å². The minimum atomic E-state index is -0.314. The predicted octanol–water partition coefficient (Wildman–Crippen LogP) is 3.95. The van der Waals surface area contributed by atoms with Crippen molar-refractivity contribution in [3.8, 4) is 0 Å². The van der Waals surface area contributed by atoms with E-state index < -0.39 is 0 Å².